The molecule has 0 aliphatic carbocycles. The smallest absolute Gasteiger partial charge is 0.410 e. The third kappa shape index (κ3) is 8.82. The van der Waals surface area contributed by atoms with Gasteiger partial charge in [0.05, 0.1) is 0 Å². The lowest BCUT2D eigenvalue weighted by Crippen LogP contribution is -2.45. The minimum atomic E-state index is -1.79. The van der Waals surface area contributed by atoms with Crippen LogP contribution in [-0.2, 0) is 18.0 Å². The molecular formula is C37H36F2N2O4. The number of hydrogen-bond donors (Lipinski definition) is 0. The minimum absolute atomic E-state index is 0.0479. The van der Waals surface area contributed by atoms with E-state index in [4.69, 9.17) is 14.2 Å². The van der Waals surface area contributed by atoms with Crippen LogP contribution in [0.1, 0.15) is 50.3 Å². The van der Waals surface area contributed by atoms with Gasteiger partial charge in [-0.25, -0.2) is 13.6 Å². The van der Waals surface area contributed by atoms with E-state index < -0.39 is 23.2 Å². The van der Waals surface area contributed by atoms with Crippen molar-refractivity contribution in [3.8, 4) is 34.7 Å². The Balaban J connectivity index is 1.32. The average molecular weight is 611 g/mol. The SMILES string of the molecule is CC(C)(C)OC(=O)N1CCC(F)(C#Cc2ccc(-c3ccc(OCc4ccccc4)nc3OCc3ccccc3)c(F)c2)CC1. The van der Waals surface area contributed by atoms with Crippen molar-refractivity contribution in [2.24, 2.45) is 0 Å². The van der Waals surface area contributed by atoms with Gasteiger partial charge in [-0.3, -0.25) is 0 Å². The zero-order valence-corrected chi connectivity index (χ0v) is 25.7. The molecule has 0 saturated carbocycles. The van der Waals surface area contributed by atoms with Gasteiger partial charge < -0.3 is 19.1 Å². The molecule has 2 heterocycles. The first-order valence-corrected chi connectivity index (χ1v) is 14.9. The van der Waals surface area contributed by atoms with Crippen LogP contribution in [0, 0.1) is 17.7 Å². The van der Waals surface area contributed by atoms with Crippen molar-refractivity contribution < 1.29 is 27.8 Å². The number of carbonyl (C=O) groups is 1. The van der Waals surface area contributed by atoms with E-state index in [0.717, 1.165) is 11.1 Å². The topological polar surface area (TPSA) is 60.9 Å². The second-order valence-electron chi connectivity index (χ2n) is 11.9. The first-order chi connectivity index (χ1) is 21.6. The number of nitrogens with zero attached hydrogens (tertiary/aromatic N) is 2. The Bertz CT molecular complexity index is 1670. The van der Waals surface area contributed by atoms with Gasteiger partial charge in [-0.1, -0.05) is 72.5 Å². The Kier molecular flexibility index (Phi) is 9.68. The molecule has 0 atom stereocenters. The second-order valence-corrected chi connectivity index (χ2v) is 11.9. The van der Waals surface area contributed by atoms with Crippen LogP contribution in [0.25, 0.3) is 11.1 Å². The van der Waals surface area contributed by atoms with E-state index >= 15 is 8.78 Å². The van der Waals surface area contributed by atoms with Gasteiger partial charge in [0.2, 0.25) is 11.8 Å². The zero-order chi connectivity index (χ0) is 31.9. The molecule has 0 unspecified atom stereocenters. The summed E-state index contributed by atoms with van der Waals surface area (Å²) in [5, 5.41) is 0. The van der Waals surface area contributed by atoms with Crippen LogP contribution in [0.15, 0.2) is 91.0 Å². The number of alkyl halides is 1. The zero-order valence-electron chi connectivity index (χ0n) is 25.7. The molecule has 0 bridgehead atoms. The lowest BCUT2D eigenvalue weighted by atomic mass is 9.93. The number of ether oxygens (including phenoxy) is 3. The van der Waals surface area contributed by atoms with Crippen molar-refractivity contribution in [3.05, 3.63) is 114 Å². The summed E-state index contributed by atoms with van der Waals surface area (Å²) >= 11 is 0. The fourth-order valence-corrected chi connectivity index (χ4v) is 4.77. The molecule has 8 heteroatoms. The number of hydrogen-bond acceptors (Lipinski definition) is 5. The molecule has 4 aromatic rings. The summed E-state index contributed by atoms with van der Waals surface area (Å²) in [6.45, 7) is 6.30. The first-order valence-electron chi connectivity index (χ1n) is 14.9. The number of halogens is 2. The van der Waals surface area contributed by atoms with E-state index in [1.165, 1.54) is 11.0 Å². The van der Waals surface area contributed by atoms with Crippen molar-refractivity contribution >= 4 is 6.09 Å². The second kappa shape index (κ2) is 13.8. The Morgan fingerprint density at radius 2 is 1.47 bits per heavy atom. The molecule has 0 spiro atoms. The number of piperidine rings is 1. The summed E-state index contributed by atoms with van der Waals surface area (Å²) in [5.74, 6) is 5.50. The molecule has 1 amide bonds. The number of aromatic nitrogens is 1. The number of benzene rings is 3. The van der Waals surface area contributed by atoms with Crippen molar-refractivity contribution in [3.63, 3.8) is 0 Å². The number of rotatable bonds is 7. The summed E-state index contributed by atoms with van der Waals surface area (Å²) < 4.78 is 48.4. The highest BCUT2D eigenvalue weighted by molar-refractivity contribution is 5.70. The number of carbonyl (C=O) groups excluding carboxylic acids is 1. The Hall–Kier alpha value is -4.90. The van der Waals surface area contributed by atoms with E-state index in [0.29, 0.717) is 23.6 Å². The van der Waals surface area contributed by atoms with Gasteiger partial charge in [-0.05, 0) is 56.2 Å². The third-order valence-electron chi connectivity index (χ3n) is 7.18. The van der Waals surface area contributed by atoms with Crippen LogP contribution in [0.4, 0.5) is 13.6 Å². The van der Waals surface area contributed by atoms with Crippen LogP contribution in [0.3, 0.4) is 0 Å². The largest absolute Gasteiger partial charge is 0.473 e. The van der Waals surface area contributed by atoms with Crippen molar-refractivity contribution in [1.82, 2.24) is 9.88 Å². The molecule has 1 saturated heterocycles. The molecule has 1 aromatic heterocycles. The van der Waals surface area contributed by atoms with Crippen molar-refractivity contribution in [2.45, 2.75) is 58.1 Å². The van der Waals surface area contributed by atoms with E-state index in [-0.39, 0.29) is 44.0 Å². The highest BCUT2D eigenvalue weighted by Crippen LogP contribution is 2.34. The highest BCUT2D eigenvalue weighted by atomic mass is 19.1. The van der Waals surface area contributed by atoms with Gasteiger partial charge >= 0.3 is 6.09 Å². The summed E-state index contributed by atoms with van der Waals surface area (Å²) in [4.78, 5) is 18.4. The minimum Gasteiger partial charge on any atom is -0.473 e. The quantitative estimate of drug-likeness (QED) is 0.198. The van der Waals surface area contributed by atoms with Gasteiger partial charge in [0.25, 0.3) is 0 Å². The maximum Gasteiger partial charge on any atom is 0.410 e. The van der Waals surface area contributed by atoms with E-state index in [9.17, 15) is 4.79 Å². The molecule has 0 radical (unpaired) electrons. The molecule has 1 aliphatic heterocycles. The van der Waals surface area contributed by atoms with E-state index in [1.54, 1.807) is 45.0 Å². The molecule has 6 nitrogen and oxygen atoms in total. The normalized spacial score (nSPS) is 14.2. The molecule has 45 heavy (non-hydrogen) atoms. The van der Waals surface area contributed by atoms with Gasteiger partial charge in [-0.2, -0.15) is 4.98 Å². The molecule has 0 N–H and O–H groups in total. The first kappa shape index (κ1) is 31.5. The Morgan fingerprint density at radius 1 is 0.867 bits per heavy atom. The summed E-state index contributed by atoms with van der Waals surface area (Å²) in [6.07, 6.45) is -0.369. The fraction of sp³-hybridized carbons (Fsp3) is 0.297. The number of amides is 1. The monoisotopic (exact) mass is 610 g/mol. The van der Waals surface area contributed by atoms with E-state index in [2.05, 4.69) is 16.8 Å². The van der Waals surface area contributed by atoms with Gasteiger partial charge in [0.15, 0.2) is 5.67 Å². The predicted octanol–water partition coefficient (Wildman–Crippen LogP) is 8.14. The molecule has 232 valence electrons. The maximum absolute atomic E-state index is 15.6. The fourth-order valence-electron chi connectivity index (χ4n) is 4.77. The van der Waals surface area contributed by atoms with Crippen LogP contribution in [0.5, 0.6) is 11.8 Å². The number of pyridine rings is 1. The summed E-state index contributed by atoms with van der Waals surface area (Å²) in [7, 11) is 0. The van der Waals surface area contributed by atoms with Crippen LogP contribution in [0.2, 0.25) is 0 Å². The lowest BCUT2D eigenvalue weighted by Gasteiger charge is -2.34. The van der Waals surface area contributed by atoms with Crippen molar-refractivity contribution in [1.29, 1.82) is 0 Å². The Morgan fingerprint density at radius 3 is 2.07 bits per heavy atom. The molecule has 5 rings (SSSR count). The molecular weight excluding hydrogens is 574 g/mol. The van der Waals surface area contributed by atoms with Crippen LogP contribution >= 0.6 is 0 Å². The standard InChI is InChI=1S/C37H36F2N2O4/c1-36(2,3)45-35(42)41-22-20-37(39,21-23-41)19-18-27-14-15-30(32(38)24-27)31-16-17-33(43-25-28-10-6-4-7-11-28)40-34(31)44-26-29-12-8-5-9-13-29/h4-17,24H,20-23,25-26H2,1-3H3. The average Bonchev–Trinajstić information content (AvgIpc) is 3.03. The van der Waals surface area contributed by atoms with E-state index in [1.807, 2.05) is 60.7 Å². The number of likely N-dealkylation sites (tertiary alicyclic amines) is 1. The Labute approximate surface area is 263 Å². The summed E-state index contributed by atoms with van der Waals surface area (Å²) in [6, 6.07) is 27.2. The lowest BCUT2D eigenvalue weighted by molar-refractivity contribution is 0.0117. The maximum atomic E-state index is 15.6. The third-order valence-corrected chi connectivity index (χ3v) is 7.18. The van der Waals surface area contributed by atoms with Gasteiger partial charge in [0, 0.05) is 48.7 Å². The summed E-state index contributed by atoms with van der Waals surface area (Å²) in [5.41, 5.74) is 0.570. The van der Waals surface area contributed by atoms with Gasteiger partial charge in [-0.15, -0.1) is 0 Å². The molecule has 3 aromatic carbocycles. The van der Waals surface area contributed by atoms with Crippen LogP contribution < -0.4 is 9.47 Å². The predicted molar refractivity (Wildman–Crippen MR) is 169 cm³/mol. The van der Waals surface area contributed by atoms with Crippen LogP contribution in [-0.4, -0.2) is 40.3 Å². The molecule has 1 aliphatic rings. The molecule has 1 fully saturated rings. The van der Waals surface area contributed by atoms with Crippen molar-refractivity contribution in [2.75, 3.05) is 13.1 Å². The van der Waals surface area contributed by atoms with Gasteiger partial charge in [0.1, 0.15) is 24.6 Å². The highest BCUT2D eigenvalue weighted by Gasteiger charge is 2.36.